The van der Waals surface area contributed by atoms with Crippen molar-refractivity contribution in [1.82, 2.24) is 14.8 Å². The van der Waals surface area contributed by atoms with Gasteiger partial charge < -0.3 is 14.4 Å². The lowest BCUT2D eigenvalue weighted by Crippen LogP contribution is -2.12. The number of hydrogen-bond donors (Lipinski definition) is 3. The maximum atomic E-state index is 12.2. The summed E-state index contributed by atoms with van der Waals surface area (Å²) in [4.78, 5) is 10.9. The third kappa shape index (κ3) is 2.99. The molecule has 0 amide bonds. The lowest BCUT2D eigenvalue weighted by molar-refractivity contribution is 0.0685. The minimum absolute atomic E-state index is 0.0972. The largest absolute Gasteiger partial charge is 0.480 e. The summed E-state index contributed by atoms with van der Waals surface area (Å²) in [6.45, 7) is 2.06. The predicted octanol–water partition coefficient (Wildman–Crippen LogP) is 0.739. The molecule has 0 spiro atoms. The summed E-state index contributed by atoms with van der Waals surface area (Å²) in [6.07, 6.45) is 1.26. The highest BCUT2D eigenvalue weighted by Gasteiger charge is 2.21. The molecule has 2 aromatic heterocycles. The van der Waals surface area contributed by atoms with Crippen molar-refractivity contribution in [3.05, 3.63) is 24.0 Å². The van der Waals surface area contributed by atoms with E-state index in [-0.39, 0.29) is 22.3 Å². The van der Waals surface area contributed by atoms with Gasteiger partial charge in [-0.2, -0.15) is 0 Å². The summed E-state index contributed by atoms with van der Waals surface area (Å²) in [5.41, 5.74) is -0.0972. The van der Waals surface area contributed by atoms with E-state index in [1.165, 1.54) is 23.9 Å². The van der Waals surface area contributed by atoms with Gasteiger partial charge in [-0.1, -0.05) is 0 Å². The number of carbonyl (C=O) groups is 1. The van der Waals surface area contributed by atoms with Gasteiger partial charge in [0.1, 0.15) is 16.4 Å². The lowest BCUT2D eigenvalue weighted by Gasteiger charge is -2.02. The number of rotatable bonds is 6. The van der Waals surface area contributed by atoms with Crippen molar-refractivity contribution in [1.29, 1.82) is 0 Å². The Labute approximate surface area is 120 Å². The first kappa shape index (κ1) is 14.9. The highest BCUT2D eigenvalue weighted by molar-refractivity contribution is 7.92. The van der Waals surface area contributed by atoms with Gasteiger partial charge in [-0.25, -0.2) is 13.2 Å². The van der Waals surface area contributed by atoms with E-state index >= 15 is 0 Å². The van der Waals surface area contributed by atoms with E-state index in [9.17, 15) is 13.2 Å². The number of ether oxygens (including phenoxy) is 1. The van der Waals surface area contributed by atoms with Gasteiger partial charge >= 0.3 is 5.97 Å². The minimum atomic E-state index is -3.91. The monoisotopic (exact) mass is 314 g/mol. The van der Waals surface area contributed by atoms with Crippen LogP contribution in [0, 0.1) is 0 Å². The maximum absolute atomic E-state index is 12.2. The molecular weight excluding hydrogens is 300 g/mol. The van der Waals surface area contributed by atoms with Gasteiger partial charge in [-0.3, -0.25) is 9.82 Å². The van der Waals surface area contributed by atoms with Crippen molar-refractivity contribution in [2.24, 2.45) is 0 Å². The number of sulfonamides is 1. The normalized spacial score (nSPS) is 11.3. The molecule has 0 aliphatic heterocycles. The smallest absolute Gasteiger partial charge is 0.352 e. The van der Waals surface area contributed by atoms with E-state index in [2.05, 4.69) is 14.9 Å². The van der Waals surface area contributed by atoms with Crippen LogP contribution in [-0.4, -0.2) is 41.4 Å². The highest BCUT2D eigenvalue weighted by atomic mass is 32.2. The van der Waals surface area contributed by atoms with Gasteiger partial charge in [0.2, 0.25) is 5.88 Å². The summed E-state index contributed by atoms with van der Waals surface area (Å²) in [5.74, 6) is -0.848. The predicted molar refractivity (Wildman–Crippen MR) is 73.0 cm³/mol. The molecule has 9 nitrogen and oxygen atoms in total. The van der Waals surface area contributed by atoms with E-state index in [0.29, 0.717) is 6.54 Å². The number of methoxy groups -OCH3 is 1. The Morgan fingerprint density at radius 2 is 2.24 bits per heavy atom. The van der Waals surface area contributed by atoms with Gasteiger partial charge in [-0.15, -0.1) is 5.10 Å². The van der Waals surface area contributed by atoms with Gasteiger partial charge in [0.25, 0.3) is 10.0 Å². The molecule has 0 saturated heterocycles. The third-order valence-corrected chi connectivity index (χ3v) is 4.08. The van der Waals surface area contributed by atoms with Gasteiger partial charge in [0, 0.05) is 18.8 Å². The van der Waals surface area contributed by atoms with E-state index in [0.717, 1.165) is 6.07 Å². The van der Waals surface area contributed by atoms with Crippen molar-refractivity contribution < 1.29 is 23.1 Å². The molecule has 0 unspecified atom stereocenters. The van der Waals surface area contributed by atoms with E-state index < -0.39 is 16.0 Å². The SMILES string of the molecule is CCn1cc(S(=O)(=O)Nc2cc(OC)n[nH]2)cc1C(=O)O. The first-order valence-electron chi connectivity index (χ1n) is 5.93. The molecule has 0 radical (unpaired) electrons. The second-order valence-corrected chi connectivity index (χ2v) is 5.76. The summed E-state index contributed by atoms with van der Waals surface area (Å²) in [7, 11) is -2.52. The number of nitrogens with zero attached hydrogens (tertiary/aromatic N) is 2. The van der Waals surface area contributed by atoms with Crippen LogP contribution < -0.4 is 9.46 Å². The average Bonchev–Trinajstić information content (AvgIpc) is 3.04. The zero-order valence-electron chi connectivity index (χ0n) is 11.3. The van der Waals surface area contributed by atoms with Crippen LogP contribution in [0.5, 0.6) is 5.88 Å². The van der Waals surface area contributed by atoms with Crippen molar-refractivity contribution in [3.8, 4) is 5.88 Å². The Morgan fingerprint density at radius 3 is 2.71 bits per heavy atom. The van der Waals surface area contributed by atoms with E-state index in [1.807, 2.05) is 0 Å². The quantitative estimate of drug-likeness (QED) is 0.722. The molecule has 2 rings (SSSR count). The molecule has 10 heteroatoms. The van der Waals surface area contributed by atoms with Crippen LogP contribution in [0.4, 0.5) is 5.82 Å². The molecule has 2 heterocycles. The standard InChI is InChI=1S/C11H14N4O5S/c1-3-15-6-7(4-8(15)11(16)17)21(18,19)14-9-5-10(20-2)13-12-9/h4-6H,3H2,1-2H3,(H,16,17)(H2,12,13,14). The molecule has 0 saturated carbocycles. The average molecular weight is 314 g/mol. The van der Waals surface area contributed by atoms with Crippen molar-refractivity contribution in [2.75, 3.05) is 11.8 Å². The van der Waals surface area contributed by atoms with Crippen LogP contribution in [0.2, 0.25) is 0 Å². The Morgan fingerprint density at radius 1 is 1.52 bits per heavy atom. The fraction of sp³-hybridized carbons (Fsp3) is 0.273. The fourth-order valence-electron chi connectivity index (χ4n) is 1.74. The molecule has 0 aliphatic rings. The van der Waals surface area contributed by atoms with Crippen molar-refractivity contribution in [2.45, 2.75) is 18.4 Å². The van der Waals surface area contributed by atoms with E-state index in [4.69, 9.17) is 9.84 Å². The van der Waals surface area contributed by atoms with Crippen molar-refractivity contribution >= 4 is 21.8 Å². The van der Waals surface area contributed by atoms with Crippen LogP contribution in [0.3, 0.4) is 0 Å². The zero-order valence-corrected chi connectivity index (χ0v) is 12.1. The Balaban J connectivity index is 2.33. The molecular formula is C11H14N4O5S. The van der Waals surface area contributed by atoms with Crippen LogP contribution in [-0.2, 0) is 16.6 Å². The zero-order chi connectivity index (χ0) is 15.6. The second kappa shape index (κ2) is 5.48. The highest BCUT2D eigenvalue weighted by Crippen LogP contribution is 2.19. The van der Waals surface area contributed by atoms with Crippen LogP contribution >= 0.6 is 0 Å². The molecule has 0 fully saturated rings. The Kier molecular flexibility index (Phi) is 3.89. The maximum Gasteiger partial charge on any atom is 0.352 e. The fourth-order valence-corrected chi connectivity index (χ4v) is 2.78. The number of aryl methyl sites for hydroxylation is 1. The molecule has 21 heavy (non-hydrogen) atoms. The molecule has 0 aliphatic carbocycles. The molecule has 114 valence electrons. The lowest BCUT2D eigenvalue weighted by atomic mass is 10.4. The molecule has 0 atom stereocenters. The number of aromatic carboxylic acids is 1. The van der Waals surface area contributed by atoms with E-state index in [1.54, 1.807) is 6.92 Å². The second-order valence-electron chi connectivity index (χ2n) is 4.08. The number of aromatic amines is 1. The first-order chi connectivity index (χ1) is 9.87. The van der Waals surface area contributed by atoms with Gasteiger partial charge in [0.05, 0.1) is 7.11 Å². The minimum Gasteiger partial charge on any atom is -0.480 e. The summed E-state index contributed by atoms with van der Waals surface area (Å²) < 4.78 is 32.8. The summed E-state index contributed by atoms with van der Waals surface area (Å²) >= 11 is 0. The number of nitrogens with one attached hydrogen (secondary N) is 2. The van der Waals surface area contributed by atoms with Crippen molar-refractivity contribution in [3.63, 3.8) is 0 Å². The van der Waals surface area contributed by atoms with Gasteiger partial charge in [0.15, 0.2) is 0 Å². The number of anilines is 1. The molecule has 3 N–H and O–H groups in total. The molecule has 0 bridgehead atoms. The summed E-state index contributed by atoms with van der Waals surface area (Å²) in [5, 5.41) is 15.2. The number of carboxylic acids is 1. The molecule has 0 aromatic carbocycles. The Bertz CT molecular complexity index is 761. The first-order valence-corrected chi connectivity index (χ1v) is 7.41. The number of carboxylic acid groups (broad SMARTS) is 1. The van der Waals surface area contributed by atoms with Crippen LogP contribution in [0.15, 0.2) is 23.2 Å². The Hall–Kier alpha value is -2.49. The summed E-state index contributed by atoms with van der Waals surface area (Å²) in [6, 6.07) is 2.47. The number of hydrogen-bond acceptors (Lipinski definition) is 5. The van der Waals surface area contributed by atoms with Crippen LogP contribution in [0.25, 0.3) is 0 Å². The third-order valence-electron chi connectivity index (χ3n) is 2.75. The number of aromatic nitrogens is 3. The van der Waals surface area contributed by atoms with Crippen LogP contribution in [0.1, 0.15) is 17.4 Å². The number of H-pyrrole nitrogens is 1. The molecule has 2 aromatic rings. The van der Waals surface area contributed by atoms with Gasteiger partial charge in [-0.05, 0) is 13.0 Å². The topological polar surface area (TPSA) is 126 Å².